The Morgan fingerprint density at radius 1 is 1.32 bits per heavy atom. The minimum atomic E-state index is -3.74. The lowest BCUT2D eigenvalue weighted by Gasteiger charge is -2.40. The summed E-state index contributed by atoms with van der Waals surface area (Å²) >= 11 is 1.07. The van der Waals surface area contributed by atoms with Crippen LogP contribution in [0.1, 0.15) is 30.5 Å². The van der Waals surface area contributed by atoms with E-state index >= 15 is 0 Å². The average Bonchev–Trinajstić information content (AvgIpc) is 3.37. The molecule has 2 atom stereocenters. The number of carbonyl (C=O) groups excluding carboxylic acids is 1. The molecule has 4 heterocycles. The third-order valence-electron chi connectivity index (χ3n) is 6.55. The van der Waals surface area contributed by atoms with Crippen LogP contribution in [0.15, 0.2) is 30.5 Å². The molecule has 2 aromatic heterocycles. The number of alkyl halides is 4. The number of benzene rings is 1. The first-order valence-electron chi connectivity index (χ1n) is 11.4. The quantitative estimate of drug-likeness (QED) is 0.365. The van der Waals surface area contributed by atoms with Gasteiger partial charge in [0, 0.05) is 48.5 Å². The predicted molar refractivity (Wildman–Crippen MR) is 125 cm³/mol. The molecular weight excluding hydrogens is 518 g/mol. The Morgan fingerprint density at radius 2 is 2.05 bits per heavy atom. The van der Waals surface area contributed by atoms with E-state index in [9.17, 15) is 22.4 Å². The lowest BCUT2D eigenvalue weighted by molar-refractivity contribution is -0.890. The molecule has 3 aromatic rings. The zero-order valence-electron chi connectivity index (χ0n) is 19.8. The number of fused-ring (bicyclic) bond motifs is 2. The Morgan fingerprint density at radius 3 is 2.76 bits per heavy atom. The van der Waals surface area contributed by atoms with E-state index in [4.69, 9.17) is 10.6 Å². The van der Waals surface area contributed by atoms with Crippen molar-refractivity contribution in [1.82, 2.24) is 9.88 Å². The lowest BCUT2D eigenvalue weighted by Crippen LogP contribution is -2.52. The Balaban J connectivity index is 1.30. The molecule has 1 aromatic carbocycles. The lowest BCUT2D eigenvalue weighted by atomic mass is 9.86. The van der Waals surface area contributed by atoms with Gasteiger partial charge in [0.05, 0.1) is 28.7 Å². The van der Waals surface area contributed by atoms with Crippen LogP contribution in [0, 0.1) is 0 Å². The van der Waals surface area contributed by atoms with Crippen molar-refractivity contribution < 1.29 is 41.4 Å². The zero-order chi connectivity index (χ0) is 26.5. The molecular formula is C23H24F4N5O4S+. The van der Waals surface area contributed by atoms with E-state index in [-0.39, 0.29) is 36.3 Å². The number of pyridine rings is 1. The fraction of sp³-hybridized carbons (Fsp3) is 0.435. The van der Waals surface area contributed by atoms with Crippen LogP contribution in [-0.2, 0) is 11.3 Å². The van der Waals surface area contributed by atoms with Crippen molar-refractivity contribution in [3.05, 3.63) is 41.7 Å². The zero-order valence-corrected chi connectivity index (χ0v) is 20.7. The number of halogens is 4. The van der Waals surface area contributed by atoms with Crippen molar-refractivity contribution in [2.24, 2.45) is 5.73 Å². The Kier molecular flexibility index (Phi) is 6.36. The monoisotopic (exact) mass is 542 g/mol. The second kappa shape index (κ2) is 9.26. The van der Waals surface area contributed by atoms with Crippen molar-refractivity contribution >= 4 is 32.6 Å². The number of anilines is 1. The van der Waals surface area contributed by atoms with Crippen LogP contribution in [0.3, 0.4) is 0 Å². The van der Waals surface area contributed by atoms with Crippen LogP contribution >= 0.6 is 11.3 Å². The van der Waals surface area contributed by atoms with Crippen LogP contribution in [0.25, 0.3) is 10.2 Å². The summed E-state index contributed by atoms with van der Waals surface area (Å²) in [6.45, 7) is 1.73. The summed E-state index contributed by atoms with van der Waals surface area (Å²) in [5, 5.41) is 2.94. The second-order valence-electron chi connectivity index (χ2n) is 8.84. The highest BCUT2D eigenvalue weighted by Crippen LogP contribution is 2.45. The highest BCUT2D eigenvalue weighted by Gasteiger charge is 2.47. The Bertz CT molecular complexity index is 1310. The molecule has 0 aliphatic carbocycles. The van der Waals surface area contributed by atoms with E-state index in [1.165, 1.54) is 24.0 Å². The summed E-state index contributed by atoms with van der Waals surface area (Å²) in [5.41, 5.74) is 7.04. The van der Waals surface area contributed by atoms with Crippen molar-refractivity contribution in [1.29, 1.82) is 0 Å². The van der Waals surface area contributed by atoms with Gasteiger partial charge in [0.2, 0.25) is 17.8 Å². The summed E-state index contributed by atoms with van der Waals surface area (Å²) in [6.07, 6.45) is -2.61. The fourth-order valence-corrected chi connectivity index (χ4v) is 5.41. The first kappa shape index (κ1) is 25.4. The molecule has 14 heteroatoms. The number of likely N-dealkylation sites (tertiary alicyclic amines) is 1. The summed E-state index contributed by atoms with van der Waals surface area (Å²) in [5.74, 6) is -4.81. The van der Waals surface area contributed by atoms with Gasteiger partial charge >= 0.3 is 6.29 Å². The molecule has 1 amide bonds. The van der Waals surface area contributed by atoms with E-state index in [1.807, 2.05) is 0 Å². The molecule has 5 rings (SSSR count). The average molecular weight is 543 g/mol. The number of rotatable bonds is 6. The topological polar surface area (TPSA) is 103 Å². The largest absolute Gasteiger partial charge is 0.586 e. The van der Waals surface area contributed by atoms with Crippen LogP contribution in [0.2, 0.25) is 0 Å². The standard InChI is InChI=1S/C23H23F4N5O4S/c1-12(20(33)30-21-29-16-8-17-18(9-19(16)37-21)36-23(26,27)35-17)31-6-4-22(24,25)15(11-31)13-3-5-32(34-2)14(7-13)10-28/h3,5,7-9,12,15H,4,6,10-11,28H2,1-2H3/p+1. The van der Waals surface area contributed by atoms with Gasteiger partial charge in [0.15, 0.2) is 16.6 Å². The van der Waals surface area contributed by atoms with E-state index in [1.54, 1.807) is 30.2 Å². The van der Waals surface area contributed by atoms with Gasteiger partial charge in [-0.1, -0.05) is 11.3 Å². The molecule has 2 unspecified atom stereocenters. The maximum atomic E-state index is 15.0. The normalized spacial score (nSPS) is 21.1. The number of ether oxygens (including phenoxy) is 2. The molecule has 3 N–H and O–H groups in total. The minimum absolute atomic E-state index is 0.0300. The smallest absolute Gasteiger partial charge is 0.395 e. The first-order valence-corrected chi connectivity index (χ1v) is 12.2. The van der Waals surface area contributed by atoms with Gasteiger partial charge < -0.3 is 20.5 Å². The van der Waals surface area contributed by atoms with Crippen molar-refractivity contribution in [2.75, 3.05) is 25.5 Å². The summed E-state index contributed by atoms with van der Waals surface area (Å²) in [7, 11) is 1.45. The molecule has 37 heavy (non-hydrogen) atoms. The second-order valence-corrected chi connectivity index (χ2v) is 9.87. The van der Waals surface area contributed by atoms with Crippen LogP contribution < -0.4 is 30.1 Å². The van der Waals surface area contributed by atoms with Crippen molar-refractivity contribution in [3.8, 4) is 11.5 Å². The van der Waals surface area contributed by atoms with Gasteiger partial charge in [-0.25, -0.2) is 13.8 Å². The van der Waals surface area contributed by atoms with Crippen LogP contribution in [0.5, 0.6) is 11.5 Å². The molecule has 198 valence electrons. The number of nitrogens with zero attached hydrogens (tertiary/aromatic N) is 3. The minimum Gasteiger partial charge on any atom is -0.395 e. The summed E-state index contributed by atoms with van der Waals surface area (Å²) < 4.78 is 67.3. The number of thiazole rings is 1. The highest BCUT2D eigenvalue weighted by molar-refractivity contribution is 7.22. The maximum Gasteiger partial charge on any atom is 0.586 e. The van der Waals surface area contributed by atoms with Gasteiger partial charge in [-0.15, -0.1) is 8.78 Å². The van der Waals surface area contributed by atoms with Crippen molar-refractivity contribution in [3.63, 3.8) is 0 Å². The number of piperidine rings is 1. The molecule has 1 fully saturated rings. The van der Waals surface area contributed by atoms with Crippen molar-refractivity contribution in [2.45, 2.75) is 44.1 Å². The number of nitrogens with two attached hydrogens (primary N) is 1. The van der Waals surface area contributed by atoms with Gasteiger partial charge in [-0.05, 0) is 12.5 Å². The number of aromatic nitrogens is 2. The molecule has 1 saturated heterocycles. The van der Waals surface area contributed by atoms with E-state index in [0.29, 0.717) is 21.5 Å². The number of hydrogen-bond donors (Lipinski definition) is 2. The van der Waals surface area contributed by atoms with Gasteiger partial charge in [0.1, 0.15) is 7.11 Å². The first-order chi connectivity index (χ1) is 17.5. The number of carbonyl (C=O) groups is 1. The number of hydrogen-bond acceptors (Lipinski definition) is 8. The van der Waals surface area contributed by atoms with Crippen LogP contribution in [-0.4, -0.2) is 54.2 Å². The van der Waals surface area contributed by atoms with Gasteiger partial charge in [-0.2, -0.15) is 0 Å². The molecule has 0 bridgehead atoms. The summed E-state index contributed by atoms with van der Waals surface area (Å²) in [6, 6.07) is 5.10. The summed E-state index contributed by atoms with van der Waals surface area (Å²) in [4.78, 5) is 24.1. The molecule has 0 saturated carbocycles. The maximum absolute atomic E-state index is 15.0. The molecule has 2 aliphatic heterocycles. The number of amides is 1. The van der Waals surface area contributed by atoms with E-state index in [0.717, 1.165) is 11.3 Å². The molecule has 0 spiro atoms. The molecule has 9 nitrogen and oxygen atoms in total. The highest BCUT2D eigenvalue weighted by atomic mass is 32.1. The van der Waals surface area contributed by atoms with Crippen LogP contribution in [0.4, 0.5) is 22.7 Å². The van der Waals surface area contributed by atoms with E-state index in [2.05, 4.69) is 19.8 Å². The molecule has 2 aliphatic rings. The predicted octanol–water partition coefficient (Wildman–Crippen LogP) is 2.87. The third kappa shape index (κ3) is 4.88. The number of nitrogens with one attached hydrogen (secondary N) is 1. The van der Waals surface area contributed by atoms with Gasteiger partial charge in [0.25, 0.3) is 5.92 Å². The molecule has 0 radical (unpaired) electrons. The van der Waals surface area contributed by atoms with E-state index < -0.39 is 36.5 Å². The Labute approximate surface area is 212 Å². The SMILES string of the molecule is CO[n+]1ccc(C2CN(C(C)C(=O)Nc3nc4cc5c(cc4s3)OC(F)(F)O5)CCC2(F)F)cc1CN. The Hall–Kier alpha value is -3.23. The fourth-order valence-electron chi connectivity index (χ4n) is 4.53. The van der Waals surface area contributed by atoms with Gasteiger partial charge in [-0.3, -0.25) is 14.5 Å². The third-order valence-corrected chi connectivity index (χ3v) is 7.49.